The number of halogens is 1. The normalized spacial score (nSPS) is 13.5. The Kier molecular flexibility index (Phi) is 6.38. The van der Waals surface area contributed by atoms with Crippen LogP contribution in [-0.4, -0.2) is 41.2 Å². The van der Waals surface area contributed by atoms with E-state index in [1.807, 2.05) is 62.4 Å². The molecule has 1 N–H and O–H groups in total. The molecule has 170 valence electrons. The molecule has 0 saturated carbocycles. The zero-order valence-corrected chi connectivity index (χ0v) is 19.6. The first-order valence-corrected chi connectivity index (χ1v) is 11.3. The van der Waals surface area contributed by atoms with Gasteiger partial charge in [0, 0.05) is 28.6 Å². The van der Waals surface area contributed by atoms with E-state index in [9.17, 15) is 14.4 Å². The van der Waals surface area contributed by atoms with Crippen LogP contribution in [0.2, 0.25) is 5.02 Å². The molecule has 1 aliphatic heterocycles. The van der Waals surface area contributed by atoms with Gasteiger partial charge in [0.1, 0.15) is 12.6 Å². The van der Waals surface area contributed by atoms with Crippen LogP contribution in [0.1, 0.15) is 36.7 Å². The van der Waals surface area contributed by atoms with Crippen molar-refractivity contribution in [3.05, 3.63) is 76.8 Å². The van der Waals surface area contributed by atoms with Crippen LogP contribution in [0.4, 0.5) is 5.69 Å². The Bertz CT molecular complexity index is 1240. The Hall–Kier alpha value is -3.38. The Morgan fingerprint density at radius 3 is 2.39 bits per heavy atom. The summed E-state index contributed by atoms with van der Waals surface area (Å²) in [6.45, 7) is 5.41. The van der Waals surface area contributed by atoms with E-state index in [2.05, 4.69) is 5.32 Å². The predicted molar refractivity (Wildman–Crippen MR) is 130 cm³/mol. The highest BCUT2D eigenvalue weighted by Crippen LogP contribution is 2.37. The van der Waals surface area contributed by atoms with Crippen LogP contribution in [0.5, 0.6) is 0 Å². The van der Waals surface area contributed by atoms with Gasteiger partial charge in [-0.1, -0.05) is 54.1 Å². The van der Waals surface area contributed by atoms with Gasteiger partial charge in [-0.15, -0.1) is 0 Å². The van der Waals surface area contributed by atoms with Gasteiger partial charge in [-0.2, -0.15) is 0 Å². The Morgan fingerprint density at radius 2 is 1.70 bits per heavy atom. The molecule has 3 aromatic carbocycles. The van der Waals surface area contributed by atoms with Gasteiger partial charge in [-0.3, -0.25) is 19.3 Å². The molecule has 1 heterocycles. The molecule has 6 nitrogen and oxygen atoms in total. The molecular formula is C26H26ClN3O3. The number of nitrogens with zero attached hydrogens (tertiary/aromatic N) is 2. The third-order valence-corrected chi connectivity index (χ3v) is 6.21. The molecule has 0 spiro atoms. The van der Waals surface area contributed by atoms with E-state index in [-0.39, 0.29) is 36.9 Å². The minimum absolute atomic E-state index is 0.0653. The van der Waals surface area contributed by atoms with Crippen LogP contribution < -0.4 is 10.2 Å². The van der Waals surface area contributed by atoms with Gasteiger partial charge in [0.05, 0.1) is 5.69 Å². The van der Waals surface area contributed by atoms with Crippen LogP contribution >= 0.6 is 11.6 Å². The summed E-state index contributed by atoms with van der Waals surface area (Å²) in [6.07, 6.45) is 0. The van der Waals surface area contributed by atoms with Gasteiger partial charge >= 0.3 is 0 Å². The van der Waals surface area contributed by atoms with Gasteiger partial charge in [0.15, 0.2) is 0 Å². The van der Waals surface area contributed by atoms with Gasteiger partial charge in [0.25, 0.3) is 5.91 Å². The number of amides is 3. The van der Waals surface area contributed by atoms with Crippen LogP contribution in [0.15, 0.2) is 60.7 Å². The molecule has 1 aliphatic rings. The van der Waals surface area contributed by atoms with E-state index in [1.54, 1.807) is 19.1 Å². The highest BCUT2D eigenvalue weighted by Gasteiger charge is 2.34. The molecule has 33 heavy (non-hydrogen) atoms. The van der Waals surface area contributed by atoms with E-state index in [1.165, 1.54) is 9.80 Å². The average molecular weight is 464 g/mol. The van der Waals surface area contributed by atoms with Gasteiger partial charge in [0.2, 0.25) is 11.8 Å². The fraction of sp³-hybridized carbons (Fsp3) is 0.269. The third-order valence-electron chi connectivity index (χ3n) is 5.84. The Labute approximate surface area is 198 Å². The van der Waals surface area contributed by atoms with Crippen LogP contribution in [-0.2, 0) is 16.1 Å². The molecular weight excluding hydrogens is 438 g/mol. The van der Waals surface area contributed by atoms with E-state index in [0.717, 1.165) is 16.3 Å². The minimum Gasteiger partial charge on any atom is -0.352 e. The van der Waals surface area contributed by atoms with Crippen molar-refractivity contribution < 1.29 is 14.4 Å². The molecule has 3 aromatic rings. The maximum atomic E-state index is 13.6. The van der Waals surface area contributed by atoms with Crippen LogP contribution in [0, 0.1) is 0 Å². The van der Waals surface area contributed by atoms with E-state index >= 15 is 0 Å². The zero-order chi connectivity index (χ0) is 23.7. The topological polar surface area (TPSA) is 69.7 Å². The van der Waals surface area contributed by atoms with Crippen molar-refractivity contribution >= 4 is 45.8 Å². The monoisotopic (exact) mass is 463 g/mol. The van der Waals surface area contributed by atoms with Crippen molar-refractivity contribution in [2.45, 2.75) is 39.4 Å². The minimum atomic E-state index is -0.743. The van der Waals surface area contributed by atoms with E-state index in [0.29, 0.717) is 16.3 Å². The Morgan fingerprint density at radius 1 is 1.00 bits per heavy atom. The summed E-state index contributed by atoms with van der Waals surface area (Å²) in [5.74, 6) is -0.810. The molecule has 1 atom stereocenters. The van der Waals surface area contributed by atoms with Gasteiger partial charge in [-0.25, -0.2) is 0 Å². The van der Waals surface area contributed by atoms with Crippen LogP contribution in [0.25, 0.3) is 10.8 Å². The van der Waals surface area contributed by atoms with Gasteiger partial charge in [-0.05, 0) is 49.9 Å². The molecule has 0 aromatic heterocycles. The third kappa shape index (κ3) is 4.44. The molecule has 3 amide bonds. The van der Waals surface area contributed by atoms with E-state index < -0.39 is 6.04 Å². The number of nitrogens with one attached hydrogen (secondary N) is 1. The first-order chi connectivity index (χ1) is 15.8. The largest absolute Gasteiger partial charge is 0.352 e. The molecule has 0 fully saturated rings. The van der Waals surface area contributed by atoms with Crippen molar-refractivity contribution in [2.75, 3.05) is 11.4 Å². The lowest BCUT2D eigenvalue weighted by Crippen LogP contribution is -2.51. The summed E-state index contributed by atoms with van der Waals surface area (Å²) in [7, 11) is 0. The number of benzene rings is 3. The maximum Gasteiger partial charge on any atom is 0.259 e. The fourth-order valence-electron chi connectivity index (χ4n) is 4.16. The van der Waals surface area contributed by atoms with Crippen molar-refractivity contribution in [1.29, 1.82) is 0 Å². The number of carbonyl (C=O) groups excluding carboxylic acids is 3. The van der Waals surface area contributed by atoms with Gasteiger partial charge < -0.3 is 10.2 Å². The van der Waals surface area contributed by atoms with Crippen molar-refractivity contribution in [3.63, 3.8) is 0 Å². The smallest absolute Gasteiger partial charge is 0.259 e. The number of rotatable bonds is 7. The lowest BCUT2D eigenvalue weighted by Gasteiger charge is -2.31. The van der Waals surface area contributed by atoms with E-state index in [4.69, 9.17) is 11.6 Å². The first-order valence-electron chi connectivity index (χ1n) is 10.9. The first kappa shape index (κ1) is 22.8. The summed E-state index contributed by atoms with van der Waals surface area (Å²) in [4.78, 5) is 42.5. The molecule has 0 aliphatic carbocycles. The van der Waals surface area contributed by atoms with Crippen molar-refractivity contribution in [3.8, 4) is 0 Å². The lowest BCUT2D eigenvalue weighted by molar-refractivity contribution is -0.139. The maximum absolute atomic E-state index is 13.6. The summed E-state index contributed by atoms with van der Waals surface area (Å²) >= 11 is 6.35. The lowest BCUT2D eigenvalue weighted by atomic mass is 10.1. The summed E-state index contributed by atoms with van der Waals surface area (Å²) in [6, 6.07) is 17.6. The average Bonchev–Trinajstić information content (AvgIpc) is 3.05. The number of anilines is 1. The summed E-state index contributed by atoms with van der Waals surface area (Å²) < 4.78 is 0. The summed E-state index contributed by atoms with van der Waals surface area (Å²) in [5, 5.41) is 5.18. The SMILES string of the molecule is CC(C)NC(=O)[C@@H](C)N(Cc1ccccc1Cl)C(=O)CN1C(=O)c2cccc3cccc1c23. The molecule has 0 saturated heterocycles. The molecule has 0 radical (unpaired) electrons. The number of carbonyl (C=O) groups is 3. The Balaban J connectivity index is 1.64. The van der Waals surface area contributed by atoms with Crippen molar-refractivity contribution in [2.24, 2.45) is 0 Å². The molecule has 7 heteroatoms. The quantitative estimate of drug-likeness (QED) is 0.564. The molecule has 0 bridgehead atoms. The molecule has 4 rings (SSSR count). The highest BCUT2D eigenvalue weighted by molar-refractivity contribution is 6.31. The number of hydrogen-bond acceptors (Lipinski definition) is 3. The standard InChI is InChI=1S/C26H26ClN3O3/c1-16(2)28-25(32)17(3)29(14-19-8-4-5-12-21(19)27)23(31)15-30-22-13-7-10-18-9-6-11-20(24(18)22)26(30)33/h4-13,16-17H,14-15H2,1-3H3,(H,28,32)/t17-/m1/s1. The van der Waals surface area contributed by atoms with Crippen molar-refractivity contribution in [1.82, 2.24) is 10.2 Å². The fourth-order valence-corrected chi connectivity index (χ4v) is 4.36. The second kappa shape index (κ2) is 9.24. The zero-order valence-electron chi connectivity index (χ0n) is 18.8. The second-order valence-corrected chi connectivity index (χ2v) is 8.93. The second-order valence-electron chi connectivity index (χ2n) is 8.52. The predicted octanol–water partition coefficient (Wildman–Crippen LogP) is 4.40. The summed E-state index contributed by atoms with van der Waals surface area (Å²) in [5.41, 5.74) is 2.02. The number of hydrogen-bond donors (Lipinski definition) is 1. The molecule has 0 unspecified atom stereocenters. The van der Waals surface area contributed by atoms with Crippen LogP contribution in [0.3, 0.4) is 0 Å². The highest BCUT2D eigenvalue weighted by atomic mass is 35.5.